The molecule has 3 unspecified atom stereocenters. The molecule has 0 aromatic heterocycles. The summed E-state index contributed by atoms with van der Waals surface area (Å²) in [6.07, 6.45) is -0.374. The lowest BCUT2D eigenvalue weighted by molar-refractivity contribution is -0.144. The quantitative estimate of drug-likeness (QED) is 0.171. The molecule has 0 radical (unpaired) electrons. The maximum atomic E-state index is 12.1. The summed E-state index contributed by atoms with van der Waals surface area (Å²) in [6, 6.07) is -3.77. The minimum Gasteiger partial charge on any atom is -0.481 e. The van der Waals surface area contributed by atoms with Gasteiger partial charge < -0.3 is 37.0 Å². The van der Waals surface area contributed by atoms with Gasteiger partial charge in [-0.15, -0.1) is 0 Å². The van der Waals surface area contributed by atoms with E-state index in [1.807, 2.05) is 19.2 Å². The highest BCUT2D eigenvalue weighted by atomic mass is 16.4. The molecule has 0 heterocycles. The SMILES string of the molecule is CC(C)CC(N)C(=O)NCC(=O)NC(CCC(=O)O)C(=O)NC(CO)C(=O)O. The number of carbonyl (C=O) groups is 5. The molecule has 0 fully saturated rings. The first-order valence-electron chi connectivity index (χ1n) is 8.66. The molecular weight excluding hydrogens is 376 g/mol. The van der Waals surface area contributed by atoms with Crippen molar-refractivity contribution in [3.05, 3.63) is 0 Å². The standard InChI is InChI=1S/C16H28N4O8/c1-8(2)5-9(17)14(25)18-6-12(22)19-10(3-4-13(23)24)15(26)20-11(7-21)16(27)28/h8-11,21H,3-7,17H2,1-2H3,(H,18,25)(H,19,22)(H,20,26)(H,23,24)(H,27,28). The first kappa shape index (κ1) is 25.3. The number of amides is 3. The lowest BCUT2D eigenvalue weighted by atomic mass is 10.0. The summed E-state index contributed by atoms with van der Waals surface area (Å²) >= 11 is 0. The summed E-state index contributed by atoms with van der Waals surface area (Å²) in [4.78, 5) is 57.5. The maximum absolute atomic E-state index is 12.1. The third kappa shape index (κ3) is 10.4. The Kier molecular flexibility index (Phi) is 11.4. The van der Waals surface area contributed by atoms with E-state index in [-0.39, 0.29) is 12.3 Å². The summed E-state index contributed by atoms with van der Waals surface area (Å²) < 4.78 is 0. The van der Waals surface area contributed by atoms with Crippen LogP contribution in [0.1, 0.15) is 33.1 Å². The number of aliphatic carboxylic acids is 2. The molecule has 0 aromatic carbocycles. The van der Waals surface area contributed by atoms with Crippen LogP contribution in [0, 0.1) is 5.92 Å². The fourth-order valence-corrected chi connectivity index (χ4v) is 2.15. The molecule has 0 spiro atoms. The monoisotopic (exact) mass is 404 g/mol. The maximum Gasteiger partial charge on any atom is 0.328 e. The topological polar surface area (TPSA) is 208 Å². The summed E-state index contributed by atoms with van der Waals surface area (Å²) in [5.41, 5.74) is 5.68. The minimum absolute atomic E-state index is 0.173. The van der Waals surface area contributed by atoms with Crippen molar-refractivity contribution in [1.82, 2.24) is 16.0 Å². The second-order valence-corrected chi connectivity index (χ2v) is 6.59. The average Bonchev–Trinajstić information content (AvgIpc) is 2.59. The van der Waals surface area contributed by atoms with Crippen LogP contribution in [0.4, 0.5) is 0 Å². The fraction of sp³-hybridized carbons (Fsp3) is 0.688. The molecule has 0 saturated heterocycles. The summed E-state index contributed by atoms with van der Waals surface area (Å²) in [7, 11) is 0. The molecule has 0 aliphatic carbocycles. The molecule has 0 bridgehead atoms. The van der Waals surface area contributed by atoms with Gasteiger partial charge in [0.1, 0.15) is 12.1 Å². The molecule has 3 amide bonds. The van der Waals surface area contributed by atoms with Gasteiger partial charge in [0, 0.05) is 6.42 Å². The molecule has 12 nitrogen and oxygen atoms in total. The van der Waals surface area contributed by atoms with E-state index in [2.05, 4.69) is 10.6 Å². The molecule has 0 rings (SSSR count). The van der Waals surface area contributed by atoms with Crippen molar-refractivity contribution < 1.29 is 39.3 Å². The number of hydrogen-bond acceptors (Lipinski definition) is 7. The predicted octanol–water partition coefficient (Wildman–Crippen LogP) is -2.61. The van der Waals surface area contributed by atoms with Crippen molar-refractivity contribution in [1.29, 1.82) is 0 Å². The Morgan fingerprint density at radius 2 is 1.57 bits per heavy atom. The molecule has 0 saturated carbocycles. The number of hydrogen-bond donors (Lipinski definition) is 7. The summed E-state index contributed by atoms with van der Waals surface area (Å²) in [5, 5.41) is 33.1. The molecule has 8 N–H and O–H groups in total. The average molecular weight is 404 g/mol. The van der Waals surface area contributed by atoms with Crippen LogP contribution in [-0.2, 0) is 24.0 Å². The molecule has 160 valence electrons. The van der Waals surface area contributed by atoms with Crippen molar-refractivity contribution in [2.24, 2.45) is 11.7 Å². The van der Waals surface area contributed by atoms with Crippen LogP contribution in [-0.4, -0.2) is 76.3 Å². The molecule has 0 aromatic rings. The van der Waals surface area contributed by atoms with Gasteiger partial charge in [0.25, 0.3) is 0 Å². The molecule has 0 aliphatic rings. The predicted molar refractivity (Wildman–Crippen MR) is 95.9 cm³/mol. The van der Waals surface area contributed by atoms with Gasteiger partial charge in [0.2, 0.25) is 17.7 Å². The van der Waals surface area contributed by atoms with E-state index in [1.54, 1.807) is 0 Å². The number of aliphatic hydroxyl groups excluding tert-OH is 1. The zero-order valence-corrected chi connectivity index (χ0v) is 15.8. The second kappa shape index (κ2) is 12.6. The van der Waals surface area contributed by atoms with Gasteiger partial charge in [-0.3, -0.25) is 19.2 Å². The highest BCUT2D eigenvalue weighted by Crippen LogP contribution is 2.02. The van der Waals surface area contributed by atoms with E-state index in [0.29, 0.717) is 6.42 Å². The van der Waals surface area contributed by atoms with Crippen LogP contribution in [0.15, 0.2) is 0 Å². The molecule has 28 heavy (non-hydrogen) atoms. The highest BCUT2D eigenvalue weighted by Gasteiger charge is 2.27. The van der Waals surface area contributed by atoms with Crippen molar-refractivity contribution in [2.45, 2.75) is 51.2 Å². The summed E-state index contributed by atoms with van der Waals surface area (Å²) in [6.45, 7) is 2.37. The lowest BCUT2D eigenvalue weighted by Gasteiger charge is -2.20. The van der Waals surface area contributed by atoms with E-state index >= 15 is 0 Å². The van der Waals surface area contributed by atoms with Crippen LogP contribution in [0.25, 0.3) is 0 Å². The van der Waals surface area contributed by atoms with Gasteiger partial charge >= 0.3 is 11.9 Å². The van der Waals surface area contributed by atoms with Gasteiger partial charge in [-0.1, -0.05) is 13.8 Å². The van der Waals surface area contributed by atoms with Crippen molar-refractivity contribution in [3.63, 3.8) is 0 Å². The Labute approximate surface area is 161 Å². The summed E-state index contributed by atoms with van der Waals surface area (Å²) in [5.74, 6) is -4.86. The van der Waals surface area contributed by atoms with E-state index in [9.17, 15) is 24.0 Å². The van der Waals surface area contributed by atoms with Crippen molar-refractivity contribution in [2.75, 3.05) is 13.2 Å². The Morgan fingerprint density at radius 3 is 2.04 bits per heavy atom. The van der Waals surface area contributed by atoms with E-state index < -0.39 is 67.4 Å². The lowest BCUT2D eigenvalue weighted by Crippen LogP contribution is -2.54. The number of nitrogens with two attached hydrogens (primary N) is 1. The van der Waals surface area contributed by atoms with Crippen molar-refractivity contribution in [3.8, 4) is 0 Å². The number of aliphatic hydroxyl groups is 1. The highest BCUT2D eigenvalue weighted by molar-refractivity contribution is 5.92. The van der Waals surface area contributed by atoms with Crippen LogP contribution in [0.2, 0.25) is 0 Å². The van der Waals surface area contributed by atoms with Crippen LogP contribution < -0.4 is 21.7 Å². The number of carboxylic acids is 2. The zero-order valence-electron chi connectivity index (χ0n) is 15.8. The normalized spacial score (nSPS) is 13.9. The Morgan fingerprint density at radius 1 is 0.964 bits per heavy atom. The van der Waals surface area contributed by atoms with Crippen LogP contribution >= 0.6 is 0 Å². The Balaban J connectivity index is 4.82. The largest absolute Gasteiger partial charge is 0.481 e. The third-order valence-electron chi connectivity index (χ3n) is 3.58. The Bertz CT molecular complexity index is 581. The fourth-order valence-electron chi connectivity index (χ4n) is 2.15. The zero-order chi connectivity index (χ0) is 21.9. The molecule has 12 heteroatoms. The van der Waals surface area contributed by atoms with Crippen LogP contribution in [0.5, 0.6) is 0 Å². The Hall–Kier alpha value is -2.73. The van der Waals surface area contributed by atoms with Gasteiger partial charge in [-0.2, -0.15) is 0 Å². The molecular formula is C16H28N4O8. The number of carbonyl (C=O) groups excluding carboxylic acids is 3. The van der Waals surface area contributed by atoms with Gasteiger partial charge in [-0.25, -0.2) is 4.79 Å². The van der Waals surface area contributed by atoms with Gasteiger partial charge in [0.05, 0.1) is 19.2 Å². The van der Waals surface area contributed by atoms with E-state index in [0.717, 1.165) is 0 Å². The molecule has 3 atom stereocenters. The van der Waals surface area contributed by atoms with Gasteiger partial charge in [-0.05, 0) is 18.8 Å². The van der Waals surface area contributed by atoms with E-state index in [1.165, 1.54) is 0 Å². The first-order chi connectivity index (χ1) is 13.0. The number of rotatable bonds is 13. The molecule has 0 aliphatic heterocycles. The number of nitrogens with one attached hydrogen (secondary N) is 3. The number of carboxylic acid groups (broad SMARTS) is 2. The van der Waals surface area contributed by atoms with Gasteiger partial charge in [0.15, 0.2) is 0 Å². The minimum atomic E-state index is -1.61. The second-order valence-electron chi connectivity index (χ2n) is 6.59. The smallest absolute Gasteiger partial charge is 0.328 e. The third-order valence-corrected chi connectivity index (χ3v) is 3.58. The van der Waals surface area contributed by atoms with Crippen molar-refractivity contribution >= 4 is 29.7 Å². The first-order valence-corrected chi connectivity index (χ1v) is 8.66. The van der Waals surface area contributed by atoms with Crippen LogP contribution in [0.3, 0.4) is 0 Å². The van der Waals surface area contributed by atoms with E-state index in [4.69, 9.17) is 21.1 Å².